The monoisotopic (exact) mass is 273 g/mol. The van der Waals surface area contributed by atoms with Gasteiger partial charge in [-0.25, -0.2) is 4.79 Å². The molecular formula is C15H15NO4. The zero-order chi connectivity index (χ0) is 14.5. The molecule has 1 atom stereocenters. The second kappa shape index (κ2) is 6.06. The molecule has 2 rings (SSSR count). The lowest BCUT2D eigenvalue weighted by molar-refractivity contribution is -0.147. The van der Waals surface area contributed by atoms with E-state index in [0.29, 0.717) is 11.4 Å². The maximum atomic E-state index is 11.3. The molecule has 104 valence electrons. The van der Waals surface area contributed by atoms with Crippen molar-refractivity contribution in [1.82, 2.24) is 4.57 Å². The highest BCUT2D eigenvalue weighted by Crippen LogP contribution is 2.18. The van der Waals surface area contributed by atoms with Crippen LogP contribution in [0.1, 0.15) is 17.4 Å². The molecule has 5 heteroatoms. The molecule has 1 heterocycles. The van der Waals surface area contributed by atoms with Crippen molar-refractivity contribution in [3.8, 4) is 11.4 Å². The Hall–Kier alpha value is -2.56. The molecule has 0 bridgehead atoms. The Kier molecular flexibility index (Phi) is 4.20. The fourth-order valence-electron chi connectivity index (χ4n) is 1.83. The van der Waals surface area contributed by atoms with Crippen molar-refractivity contribution >= 4 is 12.3 Å². The van der Waals surface area contributed by atoms with Crippen LogP contribution in [-0.2, 0) is 9.53 Å². The number of rotatable bonds is 5. The van der Waals surface area contributed by atoms with Gasteiger partial charge in [-0.15, -0.1) is 0 Å². The fourth-order valence-corrected chi connectivity index (χ4v) is 1.83. The summed E-state index contributed by atoms with van der Waals surface area (Å²) in [5.74, 6) is 0.134. The van der Waals surface area contributed by atoms with Gasteiger partial charge < -0.3 is 14.0 Å². The molecule has 0 saturated heterocycles. The van der Waals surface area contributed by atoms with Crippen molar-refractivity contribution in [1.29, 1.82) is 0 Å². The minimum Gasteiger partial charge on any atom is -0.479 e. The van der Waals surface area contributed by atoms with Gasteiger partial charge >= 0.3 is 5.97 Å². The van der Waals surface area contributed by atoms with Crippen LogP contribution in [0.4, 0.5) is 0 Å². The number of hydrogen-bond acceptors (Lipinski definition) is 4. The lowest BCUT2D eigenvalue weighted by Gasteiger charge is -2.13. The number of aromatic nitrogens is 1. The molecule has 1 aromatic heterocycles. The Bertz CT molecular complexity index is 601. The summed E-state index contributed by atoms with van der Waals surface area (Å²) >= 11 is 0. The van der Waals surface area contributed by atoms with Gasteiger partial charge in [0.2, 0.25) is 0 Å². The lowest BCUT2D eigenvalue weighted by atomic mass is 10.3. The molecule has 0 N–H and O–H groups in total. The zero-order valence-electron chi connectivity index (χ0n) is 11.3. The summed E-state index contributed by atoms with van der Waals surface area (Å²) < 4.78 is 11.8. The van der Waals surface area contributed by atoms with Crippen molar-refractivity contribution in [2.45, 2.75) is 13.0 Å². The summed E-state index contributed by atoms with van der Waals surface area (Å²) in [4.78, 5) is 22.1. The smallest absolute Gasteiger partial charge is 0.346 e. The molecular weight excluding hydrogens is 258 g/mol. The molecule has 5 nitrogen and oxygen atoms in total. The Labute approximate surface area is 116 Å². The first-order valence-electron chi connectivity index (χ1n) is 6.13. The van der Waals surface area contributed by atoms with Crippen LogP contribution < -0.4 is 4.74 Å². The van der Waals surface area contributed by atoms with Crippen molar-refractivity contribution < 1.29 is 19.1 Å². The SMILES string of the molecule is COC(=O)[C@@H](C)Oc1ccc(-n2cccc2C=O)cc1. The van der Waals surface area contributed by atoms with Crippen LogP contribution in [0.5, 0.6) is 5.75 Å². The van der Waals surface area contributed by atoms with E-state index in [2.05, 4.69) is 4.74 Å². The van der Waals surface area contributed by atoms with E-state index >= 15 is 0 Å². The van der Waals surface area contributed by atoms with Gasteiger partial charge in [0.05, 0.1) is 12.8 Å². The molecule has 0 unspecified atom stereocenters. The number of aldehydes is 1. The maximum absolute atomic E-state index is 11.3. The van der Waals surface area contributed by atoms with Crippen LogP contribution in [0.2, 0.25) is 0 Å². The van der Waals surface area contributed by atoms with Gasteiger partial charge in [-0.05, 0) is 43.3 Å². The van der Waals surface area contributed by atoms with Gasteiger partial charge in [-0.3, -0.25) is 4.79 Å². The minimum absolute atomic E-state index is 0.428. The van der Waals surface area contributed by atoms with Crippen LogP contribution in [-0.4, -0.2) is 30.0 Å². The number of hydrogen-bond donors (Lipinski definition) is 0. The third-order valence-corrected chi connectivity index (χ3v) is 2.86. The first-order valence-corrected chi connectivity index (χ1v) is 6.13. The van der Waals surface area contributed by atoms with Crippen LogP contribution >= 0.6 is 0 Å². The van der Waals surface area contributed by atoms with Gasteiger partial charge in [-0.1, -0.05) is 0 Å². The number of methoxy groups -OCH3 is 1. The third-order valence-electron chi connectivity index (χ3n) is 2.86. The van der Waals surface area contributed by atoms with E-state index in [1.807, 2.05) is 12.1 Å². The predicted octanol–water partition coefficient (Wildman–Crippen LogP) is 2.23. The average Bonchev–Trinajstić information content (AvgIpc) is 2.95. The zero-order valence-corrected chi connectivity index (χ0v) is 11.3. The molecule has 0 aliphatic rings. The molecule has 0 aliphatic carbocycles. The Balaban J connectivity index is 2.14. The Morgan fingerprint density at radius 2 is 1.95 bits per heavy atom. The summed E-state index contributed by atoms with van der Waals surface area (Å²) in [7, 11) is 1.32. The van der Waals surface area contributed by atoms with Gasteiger partial charge in [0, 0.05) is 11.9 Å². The quantitative estimate of drug-likeness (QED) is 0.619. The third kappa shape index (κ3) is 2.88. The van der Waals surface area contributed by atoms with Gasteiger partial charge in [0.1, 0.15) is 5.75 Å². The van der Waals surface area contributed by atoms with Crippen LogP contribution in [0.15, 0.2) is 42.6 Å². The highest BCUT2D eigenvalue weighted by molar-refractivity contribution is 5.74. The highest BCUT2D eigenvalue weighted by Gasteiger charge is 2.14. The Morgan fingerprint density at radius 1 is 1.25 bits per heavy atom. The summed E-state index contributed by atoms with van der Waals surface area (Å²) in [6.45, 7) is 1.62. The topological polar surface area (TPSA) is 57.5 Å². The fraction of sp³-hybridized carbons (Fsp3) is 0.200. The second-order valence-corrected chi connectivity index (χ2v) is 4.20. The van der Waals surface area contributed by atoms with Crippen molar-refractivity contribution in [3.63, 3.8) is 0 Å². The van der Waals surface area contributed by atoms with Crippen LogP contribution in [0.25, 0.3) is 5.69 Å². The summed E-state index contributed by atoms with van der Waals surface area (Å²) in [5.41, 5.74) is 1.41. The highest BCUT2D eigenvalue weighted by atomic mass is 16.6. The lowest BCUT2D eigenvalue weighted by Crippen LogP contribution is -2.24. The molecule has 0 saturated carbocycles. The number of ether oxygens (including phenoxy) is 2. The van der Waals surface area contributed by atoms with E-state index in [1.54, 1.807) is 42.0 Å². The largest absolute Gasteiger partial charge is 0.479 e. The van der Waals surface area contributed by atoms with Crippen molar-refractivity contribution in [2.75, 3.05) is 7.11 Å². The molecule has 0 aliphatic heterocycles. The normalized spacial score (nSPS) is 11.7. The first kappa shape index (κ1) is 13.9. The molecule has 1 aromatic carbocycles. The number of nitrogens with zero attached hydrogens (tertiary/aromatic N) is 1. The van der Waals surface area contributed by atoms with E-state index in [4.69, 9.17) is 4.74 Å². The van der Waals surface area contributed by atoms with E-state index in [0.717, 1.165) is 12.0 Å². The number of carbonyl (C=O) groups is 2. The average molecular weight is 273 g/mol. The van der Waals surface area contributed by atoms with E-state index in [9.17, 15) is 9.59 Å². The van der Waals surface area contributed by atoms with E-state index < -0.39 is 12.1 Å². The van der Waals surface area contributed by atoms with Gasteiger partial charge in [-0.2, -0.15) is 0 Å². The summed E-state index contributed by atoms with van der Waals surface area (Å²) in [6, 6.07) is 10.6. The summed E-state index contributed by atoms with van der Waals surface area (Å²) in [5, 5.41) is 0. The van der Waals surface area contributed by atoms with Crippen LogP contribution in [0, 0.1) is 0 Å². The van der Waals surface area contributed by atoms with E-state index in [-0.39, 0.29) is 0 Å². The van der Waals surface area contributed by atoms with Crippen molar-refractivity contribution in [2.24, 2.45) is 0 Å². The minimum atomic E-state index is -0.664. The summed E-state index contributed by atoms with van der Waals surface area (Å²) in [6.07, 6.45) is 1.93. The molecule has 0 radical (unpaired) electrons. The predicted molar refractivity (Wildman–Crippen MR) is 73.3 cm³/mol. The van der Waals surface area contributed by atoms with E-state index in [1.165, 1.54) is 7.11 Å². The Morgan fingerprint density at radius 3 is 2.55 bits per heavy atom. The van der Waals surface area contributed by atoms with Gasteiger partial charge in [0.25, 0.3) is 0 Å². The second-order valence-electron chi connectivity index (χ2n) is 4.20. The molecule has 0 amide bonds. The number of esters is 1. The molecule has 0 spiro atoms. The van der Waals surface area contributed by atoms with Crippen molar-refractivity contribution in [3.05, 3.63) is 48.3 Å². The molecule has 20 heavy (non-hydrogen) atoms. The molecule has 0 fully saturated rings. The first-order chi connectivity index (χ1) is 9.65. The van der Waals surface area contributed by atoms with Gasteiger partial charge in [0.15, 0.2) is 12.4 Å². The van der Waals surface area contributed by atoms with Crippen LogP contribution in [0.3, 0.4) is 0 Å². The maximum Gasteiger partial charge on any atom is 0.346 e. The number of benzene rings is 1. The standard InChI is InChI=1S/C15H15NO4/c1-11(15(18)19-2)20-14-7-5-12(6-8-14)16-9-3-4-13(16)10-17/h3-11H,1-2H3/t11-/m1/s1. The molecule has 2 aromatic rings. The number of carbonyl (C=O) groups excluding carboxylic acids is 2.